The molecule has 19 heavy (non-hydrogen) atoms. The molecule has 1 N–H and O–H groups in total. The number of rotatable bonds is 5. The summed E-state index contributed by atoms with van der Waals surface area (Å²) in [6.07, 6.45) is 3.64. The molecule has 0 saturated carbocycles. The van der Waals surface area contributed by atoms with Gasteiger partial charge in [-0.05, 0) is 31.0 Å². The van der Waals surface area contributed by atoms with Gasteiger partial charge in [-0.1, -0.05) is 31.5 Å². The first-order valence-corrected chi connectivity index (χ1v) is 6.82. The lowest BCUT2D eigenvalue weighted by Crippen LogP contribution is -2.19. The number of nitrogens with zero attached hydrogens (tertiary/aromatic N) is 3. The van der Waals surface area contributed by atoms with Gasteiger partial charge in [0.05, 0.1) is 16.9 Å². The highest BCUT2D eigenvalue weighted by atomic mass is 35.5. The standard InChI is InChI=1S/C14H19ClN4/c1-10(2)6-16-7-12-4-5-14(17-8-12)19-9-13(15)11(3)18-19/h4-5,8-10,16H,6-7H2,1-3H3. The quantitative estimate of drug-likeness (QED) is 0.914. The van der Waals surface area contributed by atoms with Gasteiger partial charge in [0.2, 0.25) is 0 Å². The molecule has 0 aliphatic carbocycles. The molecule has 2 rings (SSSR count). The van der Waals surface area contributed by atoms with Gasteiger partial charge in [0.15, 0.2) is 5.82 Å². The molecule has 0 aliphatic rings. The molecule has 0 fully saturated rings. The summed E-state index contributed by atoms with van der Waals surface area (Å²) in [6, 6.07) is 4.01. The molecular formula is C14H19ClN4. The van der Waals surface area contributed by atoms with E-state index in [1.165, 1.54) is 5.56 Å². The van der Waals surface area contributed by atoms with Crippen molar-refractivity contribution in [1.82, 2.24) is 20.1 Å². The predicted octanol–water partition coefficient (Wildman–Crippen LogP) is 2.97. The number of aryl methyl sites for hydroxylation is 1. The highest BCUT2D eigenvalue weighted by molar-refractivity contribution is 6.31. The molecule has 2 heterocycles. The first kappa shape index (κ1) is 14.0. The Balaban J connectivity index is 2.02. The van der Waals surface area contributed by atoms with Crippen LogP contribution in [0.15, 0.2) is 24.5 Å². The van der Waals surface area contributed by atoms with Gasteiger partial charge in [0.1, 0.15) is 0 Å². The zero-order valence-corrected chi connectivity index (χ0v) is 12.3. The Hall–Kier alpha value is -1.39. The first-order valence-electron chi connectivity index (χ1n) is 6.44. The van der Waals surface area contributed by atoms with Crippen LogP contribution in [0.1, 0.15) is 25.1 Å². The van der Waals surface area contributed by atoms with Crippen LogP contribution in [0.2, 0.25) is 5.02 Å². The zero-order valence-electron chi connectivity index (χ0n) is 11.5. The maximum absolute atomic E-state index is 5.99. The smallest absolute Gasteiger partial charge is 0.153 e. The second kappa shape index (κ2) is 6.17. The molecule has 2 aromatic rings. The number of hydrogen-bond acceptors (Lipinski definition) is 3. The van der Waals surface area contributed by atoms with E-state index in [4.69, 9.17) is 11.6 Å². The second-order valence-electron chi connectivity index (χ2n) is 5.06. The fourth-order valence-electron chi connectivity index (χ4n) is 1.72. The molecule has 0 aliphatic heterocycles. The van der Waals surface area contributed by atoms with Crippen LogP contribution in [0.3, 0.4) is 0 Å². The molecule has 0 spiro atoms. The predicted molar refractivity (Wildman–Crippen MR) is 77.7 cm³/mol. The van der Waals surface area contributed by atoms with Crippen LogP contribution in [-0.4, -0.2) is 21.3 Å². The van der Waals surface area contributed by atoms with E-state index in [-0.39, 0.29) is 0 Å². The van der Waals surface area contributed by atoms with E-state index in [0.717, 1.165) is 24.6 Å². The minimum absolute atomic E-state index is 0.654. The average Bonchev–Trinajstić information content (AvgIpc) is 2.70. The number of nitrogens with one attached hydrogen (secondary N) is 1. The lowest BCUT2D eigenvalue weighted by atomic mass is 10.2. The van der Waals surface area contributed by atoms with Crippen molar-refractivity contribution in [3.63, 3.8) is 0 Å². The van der Waals surface area contributed by atoms with E-state index in [0.29, 0.717) is 10.9 Å². The second-order valence-corrected chi connectivity index (χ2v) is 5.46. The zero-order chi connectivity index (χ0) is 13.8. The summed E-state index contributed by atoms with van der Waals surface area (Å²) < 4.78 is 1.70. The Morgan fingerprint density at radius 1 is 1.37 bits per heavy atom. The molecule has 0 saturated heterocycles. The molecule has 0 unspecified atom stereocenters. The van der Waals surface area contributed by atoms with Gasteiger partial charge in [0, 0.05) is 12.7 Å². The normalized spacial score (nSPS) is 11.2. The van der Waals surface area contributed by atoms with E-state index < -0.39 is 0 Å². The number of pyridine rings is 1. The van der Waals surface area contributed by atoms with Crippen LogP contribution in [0.4, 0.5) is 0 Å². The largest absolute Gasteiger partial charge is 0.312 e. The summed E-state index contributed by atoms with van der Waals surface area (Å²) in [4.78, 5) is 4.40. The van der Waals surface area contributed by atoms with Crippen LogP contribution in [0.5, 0.6) is 0 Å². The van der Waals surface area contributed by atoms with Crippen molar-refractivity contribution in [3.8, 4) is 5.82 Å². The van der Waals surface area contributed by atoms with Gasteiger partial charge >= 0.3 is 0 Å². The molecule has 2 aromatic heterocycles. The van der Waals surface area contributed by atoms with Crippen LogP contribution in [0.25, 0.3) is 5.82 Å². The maximum atomic E-state index is 5.99. The van der Waals surface area contributed by atoms with Crippen molar-refractivity contribution >= 4 is 11.6 Å². The molecule has 0 atom stereocenters. The molecule has 0 aromatic carbocycles. The summed E-state index contributed by atoms with van der Waals surface area (Å²) in [6.45, 7) is 8.11. The molecule has 0 radical (unpaired) electrons. The van der Waals surface area contributed by atoms with Crippen LogP contribution in [0, 0.1) is 12.8 Å². The Labute approximate surface area is 118 Å². The topological polar surface area (TPSA) is 42.7 Å². The molecule has 4 nitrogen and oxygen atoms in total. The van der Waals surface area contributed by atoms with Crippen LogP contribution >= 0.6 is 11.6 Å². The Kier molecular flexibility index (Phi) is 4.56. The highest BCUT2D eigenvalue weighted by Crippen LogP contribution is 2.15. The molecular weight excluding hydrogens is 260 g/mol. The van der Waals surface area contributed by atoms with Gasteiger partial charge in [-0.2, -0.15) is 5.10 Å². The van der Waals surface area contributed by atoms with Gasteiger partial charge in [-0.3, -0.25) is 0 Å². The van der Waals surface area contributed by atoms with Crippen molar-refractivity contribution in [3.05, 3.63) is 40.8 Å². The lowest BCUT2D eigenvalue weighted by molar-refractivity contribution is 0.552. The van der Waals surface area contributed by atoms with E-state index in [1.807, 2.05) is 19.2 Å². The SMILES string of the molecule is Cc1nn(-c2ccc(CNCC(C)C)cn2)cc1Cl. The van der Waals surface area contributed by atoms with E-state index >= 15 is 0 Å². The Morgan fingerprint density at radius 2 is 2.16 bits per heavy atom. The molecule has 5 heteroatoms. The number of hydrogen-bond donors (Lipinski definition) is 1. The third-order valence-corrected chi connectivity index (χ3v) is 3.14. The Morgan fingerprint density at radius 3 is 2.68 bits per heavy atom. The Bertz CT molecular complexity index is 511. The van der Waals surface area contributed by atoms with E-state index in [9.17, 15) is 0 Å². The fourth-order valence-corrected chi connectivity index (χ4v) is 1.85. The van der Waals surface area contributed by atoms with Crippen molar-refractivity contribution in [2.24, 2.45) is 5.92 Å². The van der Waals surface area contributed by atoms with Crippen LogP contribution < -0.4 is 5.32 Å². The molecule has 0 bridgehead atoms. The fraction of sp³-hybridized carbons (Fsp3) is 0.429. The van der Waals surface area contributed by atoms with E-state index in [2.05, 4.69) is 35.3 Å². The van der Waals surface area contributed by atoms with Gasteiger partial charge in [-0.15, -0.1) is 0 Å². The molecule has 102 valence electrons. The van der Waals surface area contributed by atoms with E-state index in [1.54, 1.807) is 10.9 Å². The number of aromatic nitrogens is 3. The van der Waals surface area contributed by atoms with Crippen molar-refractivity contribution in [2.45, 2.75) is 27.3 Å². The summed E-state index contributed by atoms with van der Waals surface area (Å²) in [5, 5.41) is 8.35. The first-order chi connectivity index (χ1) is 9.06. The third-order valence-electron chi connectivity index (χ3n) is 2.76. The maximum Gasteiger partial charge on any atom is 0.153 e. The summed E-state index contributed by atoms with van der Waals surface area (Å²) in [5.74, 6) is 1.43. The summed E-state index contributed by atoms with van der Waals surface area (Å²) in [5.41, 5.74) is 1.98. The van der Waals surface area contributed by atoms with Crippen molar-refractivity contribution in [2.75, 3.05) is 6.54 Å². The summed E-state index contributed by atoms with van der Waals surface area (Å²) in [7, 11) is 0. The third kappa shape index (κ3) is 3.78. The lowest BCUT2D eigenvalue weighted by Gasteiger charge is -2.07. The van der Waals surface area contributed by atoms with Crippen molar-refractivity contribution in [1.29, 1.82) is 0 Å². The minimum Gasteiger partial charge on any atom is -0.312 e. The average molecular weight is 279 g/mol. The van der Waals surface area contributed by atoms with Crippen molar-refractivity contribution < 1.29 is 0 Å². The van der Waals surface area contributed by atoms with Crippen LogP contribution in [-0.2, 0) is 6.54 Å². The highest BCUT2D eigenvalue weighted by Gasteiger charge is 2.05. The number of halogens is 1. The molecule has 0 amide bonds. The minimum atomic E-state index is 0.654. The van der Waals surface area contributed by atoms with Gasteiger partial charge in [0.25, 0.3) is 0 Å². The monoisotopic (exact) mass is 278 g/mol. The summed E-state index contributed by atoms with van der Waals surface area (Å²) >= 11 is 5.99. The van der Waals surface area contributed by atoms with Gasteiger partial charge in [-0.25, -0.2) is 9.67 Å². The van der Waals surface area contributed by atoms with Gasteiger partial charge < -0.3 is 5.32 Å².